The van der Waals surface area contributed by atoms with Crippen molar-refractivity contribution >= 4 is 25.8 Å². The van der Waals surface area contributed by atoms with Gasteiger partial charge in [0.1, 0.15) is 0 Å². The summed E-state index contributed by atoms with van der Waals surface area (Å²) in [6.07, 6.45) is 0. The minimum absolute atomic E-state index is 0.0845. The molecular weight excluding hydrogens is 324 g/mol. The first-order chi connectivity index (χ1) is 9.01. The molecule has 19 heavy (non-hydrogen) atoms. The molecule has 2 aromatic carbocycles. The Balaban J connectivity index is 2.24. The molecule has 0 fully saturated rings. The van der Waals surface area contributed by atoms with Crippen LogP contribution in [0.4, 0.5) is 0 Å². The van der Waals surface area contributed by atoms with Crippen LogP contribution in [0.3, 0.4) is 0 Å². The van der Waals surface area contributed by atoms with E-state index >= 15 is 0 Å². The Bertz CT molecular complexity index is 737. The van der Waals surface area contributed by atoms with Crippen LogP contribution in [0.15, 0.2) is 57.9 Å². The van der Waals surface area contributed by atoms with E-state index in [0.717, 1.165) is 15.6 Å². The second-order valence-electron chi connectivity index (χ2n) is 4.82. The maximum Gasteiger partial charge on any atom is 0.182 e. The molecule has 3 rings (SSSR count). The van der Waals surface area contributed by atoms with Crippen LogP contribution in [-0.2, 0) is 9.84 Å². The molecule has 2 nitrogen and oxygen atoms in total. The number of hydrogen-bond donors (Lipinski definition) is 0. The van der Waals surface area contributed by atoms with E-state index in [-0.39, 0.29) is 5.92 Å². The quantitative estimate of drug-likeness (QED) is 0.794. The van der Waals surface area contributed by atoms with Crippen molar-refractivity contribution in [3.05, 3.63) is 64.1 Å². The molecule has 1 heterocycles. The van der Waals surface area contributed by atoms with Gasteiger partial charge in [-0.05, 0) is 36.2 Å². The van der Waals surface area contributed by atoms with Crippen molar-refractivity contribution in [1.29, 1.82) is 0 Å². The van der Waals surface area contributed by atoms with Crippen molar-refractivity contribution in [3.63, 3.8) is 0 Å². The van der Waals surface area contributed by atoms with E-state index in [1.54, 1.807) is 19.1 Å². The van der Waals surface area contributed by atoms with E-state index in [4.69, 9.17) is 0 Å². The maximum absolute atomic E-state index is 12.4. The minimum Gasteiger partial charge on any atom is -0.223 e. The van der Waals surface area contributed by atoms with Crippen LogP contribution in [-0.4, -0.2) is 13.7 Å². The van der Waals surface area contributed by atoms with E-state index in [9.17, 15) is 8.42 Å². The topological polar surface area (TPSA) is 34.1 Å². The van der Waals surface area contributed by atoms with Crippen LogP contribution < -0.4 is 0 Å². The monoisotopic (exact) mass is 336 g/mol. The van der Waals surface area contributed by atoms with Gasteiger partial charge in [0.2, 0.25) is 0 Å². The van der Waals surface area contributed by atoms with Gasteiger partial charge < -0.3 is 0 Å². The summed E-state index contributed by atoms with van der Waals surface area (Å²) < 4.78 is 25.9. The van der Waals surface area contributed by atoms with Crippen LogP contribution in [0.5, 0.6) is 0 Å². The van der Waals surface area contributed by atoms with Crippen molar-refractivity contribution < 1.29 is 8.42 Å². The smallest absolute Gasteiger partial charge is 0.182 e. The third-order valence-corrected chi connectivity index (χ3v) is 6.46. The average Bonchev–Trinajstić information content (AvgIpc) is 2.58. The molecule has 1 aliphatic heterocycles. The molecule has 0 spiro atoms. The van der Waals surface area contributed by atoms with Crippen molar-refractivity contribution in [2.24, 2.45) is 0 Å². The van der Waals surface area contributed by atoms with Gasteiger partial charge in [0, 0.05) is 10.4 Å². The van der Waals surface area contributed by atoms with Crippen LogP contribution in [0.2, 0.25) is 0 Å². The molecule has 0 bridgehead atoms. The van der Waals surface area contributed by atoms with E-state index in [2.05, 4.69) is 15.9 Å². The summed E-state index contributed by atoms with van der Waals surface area (Å²) in [5.41, 5.74) is 1.95. The van der Waals surface area contributed by atoms with Gasteiger partial charge in [-0.15, -0.1) is 0 Å². The van der Waals surface area contributed by atoms with E-state index < -0.39 is 15.1 Å². The summed E-state index contributed by atoms with van der Waals surface area (Å²) in [5.74, 6) is -0.0845. The van der Waals surface area contributed by atoms with Crippen LogP contribution in [0, 0.1) is 0 Å². The van der Waals surface area contributed by atoms with Gasteiger partial charge in [-0.25, -0.2) is 8.42 Å². The Labute approximate surface area is 121 Å². The lowest BCUT2D eigenvalue weighted by atomic mass is 9.89. The average molecular weight is 337 g/mol. The fourth-order valence-electron chi connectivity index (χ4n) is 2.78. The summed E-state index contributed by atoms with van der Waals surface area (Å²) in [6.45, 7) is 1.79. The largest absolute Gasteiger partial charge is 0.223 e. The lowest BCUT2D eigenvalue weighted by Crippen LogP contribution is -2.17. The minimum atomic E-state index is -3.21. The molecule has 0 aromatic heterocycles. The van der Waals surface area contributed by atoms with E-state index in [1.807, 2.05) is 36.4 Å². The Morgan fingerprint density at radius 1 is 1.05 bits per heavy atom. The number of sulfone groups is 1. The zero-order chi connectivity index (χ0) is 13.6. The highest BCUT2D eigenvalue weighted by Crippen LogP contribution is 2.44. The van der Waals surface area contributed by atoms with Gasteiger partial charge in [0.15, 0.2) is 9.84 Å². The second-order valence-corrected chi connectivity index (χ2v) is 8.01. The molecular formula is C15H13BrO2S. The molecule has 0 aliphatic carbocycles. The zero-order valence-electron chi connectivity index (χ0n) is 10.4. The molecule has 0 N–H and O–H groups in total. The molecule has 2 atom stereocenters. The highest BCUT2D eigenvalue weighted by molar-refractivity contribution is 9.10. The molecule has 2 aromatic rings. The maximum atomic E-state index is 12.4. The molecule has 2 unspecified atom stereocenters. The first kappa shape index (κ1) is 12.9. The fraction of sp³-hybridized carbons (Fsp3) is 0.200. The number of rotatable bonds is 1. The van der Waals surface area contributed by atoms with Gasteiger partial charge in [-0.1, -0.05) is 46.3 Å². The molecule has 0 saturated heterocycles. The fourth-order valence-corrected chi connectivity index (χ4v) is 5.05. The third-order valence-electron chi connectivity index (χ3n) is 3.73. The molecule has 0 radical (unpaired) electrons. The Morgan fingerprint density at radius 3 is 2.53 bits per heavy atom. The van der Waals surface area contributed by atoms with Crippen molar-refractivity contribution in [1.82, 2.24) is 0 Å². The molecule has 0 amide bonds. The summed E-state index contributed by atoms with van der Waals surface area (Å²) >= 11 is 3.45. The first-order valence-electron chi connectivity index (χ1n) is 6.10. The number of halogens is 1. The summed E-state index contributed by atoms with van der Waals surface area (Å²) in [5, 5.41) is -0.417. The van der Waals surface area contributed by atoms with Gasteiger partial charge in [0.05, 0.1) is 10.1 Å². The Hall–Kier alpha value is -1.13. The van der Waals surface area contributed by atoms with Crippen molar-refractivity contribution in [2.75, 3.05) is 0 Å². The van der Waals surface area contributed by atoms with Gasteiger partial charge in [0.25, 0.3) is 0 Å². The first-order valence-corrected chi connectivity index (χ1v) is 8.44. The zero-order valence-corrected chi connectivity index (χ0v) is 12.8. The third kappa shape index (κ3) is 1.94. The summed E-state index contributed by atoms with van der Waals surface area (Å²) in [6, 6.07) is 15.2. The van der Waals surface area contributed by atoms with Gasteiger partial charge >= 0.3 is 0 Å². The standard InChI is InChI=1S/C15H13BrO2S/c1-10-15(11-5-4-6-12(16)9-11)13-7-2-3-8-14(13)19(10,17)18/h2-10,15H,1H3. The number of fused-ring (bicyclic) bond motifs is 1. The van der Waals surface area contributed by atoms with E-state index in [1.165, 1.54) is 0 Å². The Kier molecular flexibility index (Phi) is 3.02. The lowest BCUT2D eigenvalue weighted by molar-refractivity contribution is 0.586. The van der Waals surface area contributed by atoms with Crippen molar-refractivity contribution in [2.45, 2.75) is 23.0 Å². The highest BCUT2D eigenvalue weighted by Gasteiger charge is 2.42. The molecule has 4 heteroatoms. The number of hydrogen-bond acceptors (Lipinski definition) is 2. The van der Waals surface area contributed by atoms with Gasteiger partial charge in [-0.2, -0.15) is 0 Å². The second kappa shape index (κ2) is 4.46. The van der Waals surface area contributed by atoms with Crippen molar-refractivity contribution in [3.8, 4) is 0 Å². The van der Waals surface area contributed by atoms with Crippen LogP contribution in [0.1, 0.15) is 24.0 Å². The molecule has 1 aliphatic rings. The lowest BCUT2D eigenvalue weighted by Gasteiger charge is -2.16. The predicted molar refractivity (Wildman–Crippen MR) is 79.1 cm³/mol. The van der Waals surface area contributed by atoms with E-state index in [0.29, 0.717) is 4.90 Å². The highest BCUT2D eigenvalue weighted by atomic mass is 79.9. The number of benzene rings is 2. The van der Waals surface area contributed by atoms with Gasteiger partial charge in [-0.3, -0.25) is 0 Å². The summed E-state index contributed by atoms with van der Waals surface area (Å²) in [7, 11) is -3.21. The van der Waals surface area contributed by atoms with Crippen LogP contribution >= 0.6 is 15.9 Å². The Morgan fingerprint density at radius 2 is 1.79 bits per heavy atom. The predicted octanol–water partition coefficient (Wildman–Crippen LogP) is 3.76. The summed E-state index contributed by atoms with van der Waals surface area (Å²) in [4.78, 5) is 0.479. The molecule has 98 valence electrons. The molecule has 0 saturated carbocycles. The normalized spacial score (nSPS) is 24.1. The van der Waals surface area contributed by atoms with Crippen LogP contribution in [0.25, 0.3) is 0 Å². The SMILES string of the molecule is CC1C(c2cccc(Br)c2)c2ccccc2S1(=O)=O.